The molecule has 16 heavy (non-hydrogen) atoms. The van der Waals surface area contributed by atoms with Crippen molar-refractivity contribution in [3.8, 4) is 11.5 Å². The van der Waals surface area contributed by atoms with Gasteiger partial charge in [-0.15, -0.1) is 0 Å². The highest BCUT2D eigenvalue weighted by atomic mass is 16.6. The molecule has 1 aromatic carbocycles. The van der Waals surface area contributed by atoms with Crippen LogP contribution in [0.5, 0.6) is 11.5 Å². The number of nitrogens with zero attached hydrogens (tertiary/aromatic N) is 1. The highest BCUT2D eigenvalue weighted by molar-refractivity contribution is 6.05. The van der Waals surface area contributed by atoms with Gasteiger partial charge in [0.25, 0.3) is 0 Å². The van der Waals surface area contributed by atoms with Gasteiger partial charge in [0.05, 0.1) is 5.71 Å². The van der Waals surface area contributed by atoms with E-state index in [-0.39, 0.29) is 0 Å². The average Bonchev–Trinajstić information content (AvgIpc) is 2.63. The predicted octanol–water partition coefficient (Wildman–Crippen LogP) is 2.14. The van der Waals surface area contributed by atoms with E-state index in [4.69, 9.17) is 14.7 Å². The quantitative estimate of drug-likeness (QED) is 0.537. The molecule has 3 rings (SSSR count). The largest absolute Gasteiger partial charge is 0.486 e. The fraction of sp³-hybridized carbons (Fsp3) is 0.417. The highest BCUT2D eigenvalue weighted by Crippen LogP contribution is 2.41. The molecule has 1 aliphatic carbocycles. The molecule has 0 amide bonds. The predicted molar refractivity (Wildman–Crippen MR) is 58.8 cm³/mol. The monoisotopic (exact) mass is 219 g/mol. The Bertz CT molecular complexity index is 468. The van der Waals surface area contributed by atoms with Crippen molar-refractivity contribution in [3.05, 3.63) is 23.3 Å². The lowest BCUT2D eigenvalue weighted by Gasteiger charge is -2.19. The van der Waals surface area contributed by atoms with Crippen LogP contribution in [-0.4, -0.2) is 24.1 Å². The molecule has 4 heteroatoms. The highest BCUT2D eigenvalue weighted by Gasteiger charge is 2.28. The summed E-state index contributed by atoms with van der Waals surface area (Å²) in [6.07, 6.45) is 0.773. The van der Waals surface area contributed by atoms with Crippen LogP contribution in [0.15, 0.2) is 17.3 Å². The van der Waals surface area contributed by atoms with E-state index in [1.165, 1.54) is 5.56 Å². The summed E-state index contributed by atoms with van der Waals surface area (Å²) in [5, 5.41) is 12.3. The maximum atomic E-state index is 8.95. The molecule has 1 aromatic rings. The molecule has 1 atom stereocenters. The van der Waals surface area contributed by atoms with Gasteiger partial charge in [0.2, 0.25) is 0 Å². The third-order valence-electron chi connectivity index (χ3n) is 3.18. The van der Waals surface area contributed by atoms with Crippen LogP contribution in [0.2, 0.25) is 0 Å². The fourth-order valence-corrected chi connectivity index (χ4v) is 2.37. The van der Waals surface area contributed by atoms with Crippen LogP contribution in [0.1, 0.15) is 30.4 Å². The fourth-order valence-electron chi connectivity index (χ4n) is 2.37. The van der Waals surface area contributed by atoms with Crippen LogP contribution in [0.25, 0.3) is 0 Å². The molecule has 1 heterocycles. The van der Waals surface area contributed by atoms with Crippen molar-refractivity contribution in [3.63, 3.8) is 0 Å². The molecule has 84 valence electrons. The Kier molecular flexibility index (Phi) is 2.02. The van der Waals surface area contributed by atoms with Gasteiger partial charge in [0, 0.05) is 12.0 Å². The number of hydrogen-bond donors (Lipinski definition) is 1. The van der Waals surface area contributed by atoms with Gasteiger partial charge in [0.15, 0.2) is 11.5 Å². The summed E-state index contributed by atoms with van der Waals surface area (Å²) in [4.78, 5) is 0. The van der Waals surface area contributed by atoms with Crippen LogP contribution >= 0.6 is 0 Å². The van der Waals surface area contributed by atoms with E-state index >= 15 is 0 Å². The van der Waals surface area contributed by atoms with Crippen molar-refractivity contribution in [2.45, 2.75) is 19.3 Å². The maximum absolute atomic E-state index is 8.95. The third-order valence-corrected chi connectivity index (χ3v) is 3.18. The molecular weight excluding hydrogens is 206 g/mol. The van der Waals surface area contributed by atoms with Gasteiger partial charge in [0.1, 0.15) is 13.2 Å². The zero-order valence-electron chi connectivity index (χ0n) is 9.06. The minimum absolute atomic E-state index is 0.372. The van der Waals surface area contributed by atoms with Crippen molar-refractivity contribution in [1.29, 1.82) is 0 Å². The van der Waals surface area contributed by atoms with E-state index in [0.29, 0.717) is 19.1 Å². The number of ether oxygens (including phenoxy) is 2. The van der Waals surface area contributed by atoms with Crippen LogP contribution in [0.3, 0.4) is 0 Å². The minimum Gasteiger partial charge on any atom is -0.486 e. The molecule has 1 unspecified atom stereocenters. The second-order valence-corrected chi connectivity index (χ2v) is 4.23. The summed E-state index contributed by atoms with van der Waals surface area (Å²) >= 11 is 0. The maximum Gasteiger partial charge on any atom is 0.162 e. The molecule has 2 aliphatic rings. The van der Waals surface area contributed by atoms with Gasteiger partial charge in [-0.2, -0.15) is 0 Å². The van der Waals surface area contributed by atoms with E-state index in [1.807, 2.05) is 12.1 Å². The summed E-state index contributed by atoms with van der Waals surface area (Å²) in [6, 6.07) is 3.93. The molecule has 1 aliphatic heterocycles. The molecule has 0 saturated carbocycles. The molecular formula is C12H13NO3. The summed E-state index contributed by atoms with van der Waals surface area (Å²) in [5.41, 5.74) is 2.90. The SMILES string of the molecule is CC1C/C(=N\O)c2cc3c(cc21)OCCO3. The Hall–Kier alpha value is -1.71. The molecule has 0 radical (unpaired) electrons. The number of rotatable bonds is 0. The lowest BCUT2D eigenvalue weighted by molar-refractivity contribution is 0.171. The summed E-state index contributed by atoms with van der Waals surface area (Å²) in [7, 11) is 0. The third kappa shape index (κ3) is 1.26. The lowest BCUT2D eigenvalue weighted by atomic mass is 10.0. The Morgan fingerprint density at radius 2 is 1.94 bits per heavy atom. The normalized spacial score (nSPS) is 24.6. The topological polar surface area (TPSA) is 51.1 Å². The van der Waals surface area contributed by atoms with Gasteiger partial charge in [-0.1, -0.05) is 12.1 Å². The first-order valence-corrected chi connectivity index (χ1v) is 5.44. The zero-order chi connectivity index (χ0) is 11.1. The van der Waals surface area contributed by atoms with Crippen LogP contribution in [0.4, 0.5) is 0 Å². The van der Waals surface area contributed by atoms with Crippen molar-refractivity contribution in [2.24, 2.45) is 5.16 Å². The van der Waals surface area contributed by atoms with Crippen molar-refractivity contribution in [1.82, 2.24) is 0 Å². The van der Waals surface area contributed by atoms with E-state index in [9.17, 15) is 0 Å². The first-order valence-electron chi connectivity index (χ1n) is 5.44. The second-order valence-electron chi connectivity index (χ2n) is 4.23. The molecule has 0 spiro atoms. The Morgan fingerprint density at radius 1 is 1.25 bits per heavy atom. The summed E-state index contributed by atoms with van der Waals surface area (Å²) in [6.45, 7) is 3.29. The smallest absolute Gasteiger partial charge is 0.162 e. The first kappa shape index (κ1) is 9.51. The average molecular weight is 219 g/mol. The van der Waals surface area contributed by atoms with Gasteiger partial charge >= 0.3 is 0 Å². The van der Waals surface area contributed by atoms with E-state index in [2.05, 4.69) is 12.1 Å². The van der Waals surface area contributed by atoms with Crippen LogP contribution in [-0.2, 0) is 0 Å². The molecule has 0 saturated heterocycles. The first-order chi connectivity index (χ1) is 7.79. The van der Waals surface area contributed by atoms with E-state index < -0.39 is 0 Å². The number of hydrogen-bond acceptors (Lipinski definition) is 4. The van der Waals surface area contributed by atoms with Crippen molar-refractivity contribution < 1.29 is 14.7 Å². The zero-order valence-corrected chi connectivity index (χ0v) is 9.06. The molecule has 0 fully saturated rings. The Morgan fingerprint density at radius 3 is 2.62 bits per heavy atom. The van der Waals surface area contributed by atoms with Gasteiger partial charge in [-0.3, -0.25) is 0 Å². The van der Waals surface area contributed by atoms with Gasteiger partial charge in [-0.25, -0.2) is 0 Å². The molecule has 4 nitrogen and oxygen atoms in total. The van der Waals surface area contributed by atoms with Crippen molar-refractivity contribution in [2.75, 3.05) is 13.2 Å². The van der Waals surface area contributed by atoms with Gasteiger partial charge in [-0.05, 0) is 23.6 Å². The van der Waals surface area contributed by atoms with E-state index in [1.54, 1.807) is 0 Å². The Balaban J connectivity index is 2.16. The van der Waals surface area contributed by atoms with Crippen LogP contribution < -0.4 is 9.47 Å². The minimum atomic E-state index is 0.372. The van der Waals surface area contributed by atoms with Gasteiger partial charge < -0.3 is 14.7 Å². The summed E-state index contributed by atoms with van der Waals surface area (Å²) in [5.74, 6) is 1.92. The standard InChI is InChI=1S/C12H13NO3/c1-7-4-10(13-14)9-6-12-11(5-8(7)9)15-2-3-16-12/h5-7,14H,2-4H2,1H3/b13-10+. The number of oxime groups is 1. The molecule has 1 N–H and O–H groups in total. The molecule has 0 bridgehead atoms. The second kappa shape index (κ2) is 3.40. The van der Waals surface area contributed by atoms with Crippen LogP contribution in [0, 0.1) is 0 Å². The number of fused-ring (bicyclic) bond motifs is 2. The summed E-state index contributed by atoms with van der Waals surface area (Å²) < 4.78 is 11.1. The van der Waals surface area contributed by atoms with E-state index in [0.717, 1.165) is 29.2 Å². The Labute approximate surface area is 93.5 Å². The number of benzene rings is 1. The molecule has 0 aromatic heterocycles. The lowest BCUT2D eigenvalue weighted by Crippen LogP contribution is -2.15. The van der Waals surface area contributed by atoms with Crippen molar-refractivity contribution >= 4 is 5.71 Å².